The van der Waals surface area contributed by atoms with Gasteiger partial charge in [0.15, 0.2) is 0 Å². The molecule has 0 bridgehead atoms. The van der Waals surface area contributed by atoms with Gasteiger partial charge in [-0.3, -0.25) is 0 Å². The second kappa shape index (κ2) is 6.26. The molecule has 0 saturated carbocycles. The lowest BCUT2D eigenvalue weighted by atomic mass is 10.2. The highest BCUT2D eigenvalue weighted by molar-refractivity contribution is 8.00. The van der Waals surface area contributed by atoms with Crippen LogP contribution < -0.4 is 5.32 Å². The number of nitrogens with zero attached hydrogens (tertiary/aromatic N) is 1. The smallest absolute Gasteiger partial charge is 0.101 e. The topological polar surface area (TPSA) is 24.9 Å². The maximum atomic E-state index is 4.47. The minimum atomic E-state index is 0.216. The first-order chi connectivity index (χ1) is 7.53. The van der Waals surface area contributed by atoms with Crippen LogP contribution in [0.1, 0.15) is 39.7 Å². The average molecular weight is 238 g/mol. The molecule has 16 heavy (non-hydrogen) atoms. The summed E-state index contributed by atoms with van der Waals surface area (Å²) in [5.74, 6) is 0. The summed E-state index contributed by atoms with van der Waals surface area (Å²) in [6.45, 7) is 10.8. The number of aromatic nitrogens is 1. The highest BCUT2D eigenvalue weighted by Gasteiger charge is 2.15. The van der Waals surface area contributed by atoms with Gasteiger partial charge in [-0.1, -0.05) is 33.8 Å². The van der Waals surface area contributed by atoms with Crippen LogP contribution in [0, 0.1) is 0 Å². The molecule has 0 aliphatic carbocycles. The highest BCUT2D eigenvalue weighted by atomic mass is 32.2. The van der Waals surface area contributed by atoms with E-state index in [-0.39, 0.29) is 4.75 Å². The summed E-state index contributed by atoms with van der Waals surface area (Å²) in [4.78, 5) is 4.47. The van der Waals surface area contributed by atoms with E-state index in [0.29, 0.717) is 0 Å². The van der Waals surface area contributed by atoms with Crippen molar-refractivity contribution in [2.45, 2.75) is 50.4 Å². The van der Waals surface area contributed by atoms with E-state index in [0.717, 1.165) is 18.1 Å². The number of pyridine rings is 1. The van der Waals surface area contributed by atoms with Gasteiger partial charge in [-0.15, -0.1) is 11.8 Å². The van der Waals surface area contributed by atoms with E-state index in [1.165, 1.54) is 12.0 Å². The van der Waals surface area contributed by atoms with E-state index in [2.05, 4.69) is 44.1 Å². The van der Waals surface area contributed by atoms with E-state index >= 15 is 0 Å². The zero-order valence-corrected chi connectivity index (χ0v) is 11.5. The Labute approximate surface area is 103 Å². The van der Waals surface area contributed by atoms with Gasteiger partial charge in [0, 0.05) is 17.5 Å². The molecule has 0 spiro atoms. The number of thioether (sulfide) groups is 1. The summed E-state index contributed by atoms with van der Waals surface area (Å²) in [5, 5.41) is 4.58. The van der Waals surface area contributed by atoms with Crippen molar-refractivity contribution in [3.8, 4) is 0 Å². The summed E-state index contributed by atoms with van der Waals surface area (Å²) >= 11 is 1.83. The predicted molar refractivity (Wildman–Crippen MR) is 71.8 cm³/mol. The molecule has 3 heteroatoms. The molecule has 2 nitrogen and oxygen atoms in total. The molecule has 0 aliphatic rings. The summed E-state index contributed by atoms with van der Waals surface area (Å²) in [7, 11) is 0. The third-order valence-electron chi connectivity index (χ3n) is 2.00. The Morgan fingerprint density at radius 3 is 2.75 bits per heavy atom. The lowest BCUT2D eigenvalue weighted by molar-refractivity contribution is 0.664. The zero-order chi connectivity index (χ0) is 12.0. The van der Waals surface area contributed by atoms with Crippen molar-refractivity contribution in [2.75, 3.05) is 6.54 Å². The van der Waals surface area contributed by atoms with Crippen LogP contribution in [-0.2, 0) is 6.54 Å². The minimum Gasteiger partial charge on any atom is -0.313 e. The Balaban J connectivity index is 2.68. The van der Waals surface area contributed by atoms with Crippen LogP contribution in [0.5, 0.6) is 0 Å². The molecule has 0 fully saturated rings. The first-order valence-electron chi connectivity index (χ1n) is 5.86. The maximum absolute atomic E-state index is 4.47. The van der Waals surface area contributed by atoms with Crippen LogP contribution in [0.2, 0.25) is 0 Å². The van der Waals surface area contributed by atoms with Crippen LogP contribution in [0.15, 0.2) is 23.4 Å². The Bertz CT molecular complexity index is 318. The lowest BCUT2D eigenvalue weighted by Gasteiger charge is -2.18. The first kappa shape index (κ1) is 13.5. The predicted octanol–water partition coefficient (Wildman–Crippen LogP) is 3.47. The van der Waals surface area contributed by atoms with Crippen molar-refractivity contribution in [3.63, 3.8) is 0 Å². The molecule has 1 heterocycles. The van der Waals surface area contributed by atoms with Crippen LogP contribution in [0.4, 0.5) is 0 Å². The fourth-order valence-corrected chi connectivity index (χ4v) is 2.31. The van der Waals surface area contributed by atoms with Crippen LogP contribution in [0.25, 0.3) is 0 Å². The summed E-state index contributed by atoms with van der Waals surface area (Å²) in [6, 6.07) is 4.17. The van der Waals surface area contributed by atoms with Crippen molar-refractivity contribution in [2.24, 2.45) is 0 Å². The van der Waals surface area contributed by atoms with Gasteiger partial charge in [0.05, 0.1) is 0 Å². The standard InChI is InChI=1S/C13H22N2S/c1-5-8-14-10-11-7-6-9-15-12(11)16-13(2,3)4/h6-7,9,14H,5,8,10H2,1-4H3. The van der Waals surface area contributed by atoms with Crippen molar-refractivity contribution in [1.82, 2.24) is 10.3 Å². The van der Waals surface area contributed by atoms with Gasteiger partial charge in [0.2, 0.25) is 0 Å². The maximum Gasteiger partial charge on any atom is 0.101 e. The first-order valence-corrected chi connectivity index (χ1v) is 6.68. The largest absolute Gasteiger partial charge is 0.313 e. The molecule has 90 valence electrons. The number of hydrogen-bond donors (Lipinski definition) is 1. The van der Waals surface area contributed by atoms with Gasteiger partial charge in [0.25, 0.3) is 0 Å². The van der Waals surface area contributed by atoms with Crippen LogP contribution in [-0.4, -0.2) is 16.3 Å². The molecule has 1 aromatic rings. The third-order valence-corrected chi connectivity index (χ3v) is 3.17. The Hall–Kier alpha value is -0.540. The van der Waals surface area contributed by atoms with E-state index in [9.17, 15) is 0 Å². The number of hydrogen-bond acceptors (Lipinski definition) is 3. The van der Waals surface area contributed by atoms with Gasteiger partial charge < -0.3 is 5.32 Å². The molecule has 0 aromatic carbocycles. The zero-order valence-electron chi connectivity index (χ0n) is 10.7. The normalized spacial score (nSPS) is 11.8. The molecule has 0 radical (unpaired) electrons. The quantitative estimate of drug-likeness (QED) is 0.628. The third kappa shape index (κ3) is 4.99. The van der Waals surface area contributed by atoms with E-state index in [1.807, 2.05) is 24.0 Å². The number of nitrogens with one attached hydrogen (secondary N) is 1. The van der Waals surface area contributed by atoms with Gasteiger partial charge in [-0.05, 0) is 24.6 Å². The van der Waals surface area contributed by atoms with Crippen LogP contribution >= 0.6 is 11.8 Å². The van der Waals surface area contributed by atoms with Gasteiger partial charge in [-0.25, -0.2) is 4.98 Å². The van der Waals surface area contributed by atoms with Gasteiger partial charge >= 0.3 is 0 Å². The number of rotatable bonds is 5. The average Bonchev–Trinajstić information content (AvgIpc) is 2.19. The molecular formula is C13H22N2S. The minimum absolute atomic E-state index is 0.216. The van der Waals surface area contributed by atoms with Crippen molar-refractivity contribution in [3.05, 3.63) is 23.9 Å². The van der Waals surface area contributed by atoms with E-state index in [4.69, 9.17) is 0 Å². The fourth-order valence-electron chi connectivity index (χ4n) is 1.34. The van der Waals surface area contributed by atoms with E-state index in [1.54, 1.807) is 0 Å². The Morgan fingerprint density at radius 2 is 2.12 bits per heavy atom. The highest BCUT2D eigenvalue weighted by Crippen LogP contribution is 2.32. The van der Waals surface area contributed by atoms with E-state index < -0.39 is 0 Å². The molecule has 0 amide bonds. The Kier molecular flexibility index (Phi) is 5.29. The van der Waals surface area contributed by atoms with Gasteiger partial charge in [0.1, 0.15) is 5.03 Å². The Morgan fingerprint density at radius 1 is 1.38 bits per heavy atom. The van der Waals surface area contributed by atoms with Gasteiger partial charge in [-0.2, -0.15) is 0 Å². The van der Waals surface area contributed by atoms with Crippen LogP contribution in [0.3, 0.4) is 0 Å². The summed E-state index contributed by atoms with van der Waals surface area (Å²) < 4.78 is 0.216. The molecule has 0 atom stereocenters. The summed E-state index contributed by atoms with van der Waals surface area (Å²) in [6.07, 6.45) is 3.04. The molecule has 0 aliphatic heterocycles. The molecule has 1 rings (SSSR count). The molecule has 1 N–H and O–H groups in total. The molecule has 1 aromatic heterocycles. The van der Waals surface area contributed by atoms with Crippen molar-refractivity contribution < 1.29 is 0 Å². The summed E-state index contributed by atoms with van der Waals surface area (Å²) in [5.41, 5.74) is 1.30. The molecule has 0 unspecified atom stereocenters. The SMILES string of the molecule is CCCNCc1cccnc1SC(C)(C)C. The lowest BCUT2D eigenvalue weighted by Crippen LogP contribution is -2.16. The fraction of sp³-hybridized carbons (Fsp3) is 0.615. The van der Waals surface area contributed by atoms with Crippen molar-refractivity contribution >= 4 is 11.8 Å². The molecular weight excluding hydrogens is 216 g/mol. The van der Waals surface area contributed by atoms with Crippen molar-refractivity contribution in [1.29, 1.82) is 0 Å². The monoisotopic (exact) mass is 238 g/mol. The molecule has 0 saturated heterocycles. The second-order valence-electron chi connectivity index (χ2n) is 4.86. The second-order valence-corrected chi connectivity index (χ2v) is 6.67.